The Bertz CT molecular complexity index is 705. The molecule has 0 aliphatic carbocycles. The molecule has 0 fully saturated rings. The molecule has 0 aliphatic heterocycles. The van der Waals surface area contributed by atoms with Crippen LogP contribution >= 0.6 is 23.4 Å². The zero-order chi connectivity index (χ0) is 15.2. The van der Waals surface area contributed by atoms with Crippen molar-refractivity contribution in [1.29, 1.82) is 0 Å². The second-order valence-corrected chi connectivity index (χ2v) is 5.59. The lowest BCUT2D eigenvalue weighted by Gasteiger charge is -2.06. The number of carbonyl (C=O) groups is 1. The highest BCUT2D eigenvalue weighted by molar-refractivity contribution is 7.99. The number of carbonyl (C=O) groups excluding carboxylic acids is 1. The molecule has 8 heteroatoms. The Morgan fingerprint density at radius 2 is 2.19 bits per heavy atom. The van der Waals surface area contributed by atoms with Gasteiger partial charge in [0.05, 0.1) is 10.7 Å². The fraction of sp³-hybridized carbons (Fsp3) is 0.154. The van der Waals surface area contributed by atoms with Crippen LogP contribution in [-0.4, -0.2) is 21.6 Å². The highest BCUT2D eigenvalue weighted by Gasteiger charge is 2.06. The molecule has 0 unspecified atom stereocenters. The summed E-state index contributed by atoms with van der Waals surface area (Å²) in [6, 6.07) is 8.21. The lowest BCUT2D eigenvalue weighted by atomic mass is 10.3. The first kappa shape index (κ1) is 15.4. The van der Waals surface area contributed by atoms with Crippen LogP contribution in [0, 0.1) is 0 Å². The molecule has 21 heavy (non-hydrogen) atoms. The maximum absolute atomic E-state index is 11.8. The quantitative estimate of drug-likeness (QED) is 0.577. The van der Waals surface area contributed by atoms with Crippen LogP contribution in [0.5, 0.6) is 0 Å². The van der Waals surface area contributed by atoms with Crippen LogP contribution in [-0.2, 0) is 4.79 Å². The van der Waals surface area contributed by atoms with Gasteiger partial charge in [0.2, 0.25) is 5.91 Å². The van der Waals surface area contributed by atoms with E-state index in [1.807, 2.05) is 0 Å². The molecule has 0 saturated carbocycles. The number of halogens is 1. The largest absolute Gasteiger partial charge is 0.383 e. The number of thioether (sulfide) groups is 1. The number of nitrogen functional groups attached to an aromatic ring is 1. The van der Waals surface area contributed by atoms with Gasteiger partial charge < -0.3 is 16.0 Å². The summed E-state index contributed by atoms with van der Waals surface area (Å²) in [5, 5.41) is 3.60. The number of aromatic nitrogens is 2. The molecular formula is C13H13ClN4O2S. The SMILES string of the molecule is Nc1cc(=O)[nH]c(SCCC(=O)Nc2ccccc2Cl)n1. The van der Waals surface area contributed by atoms with Crippen LogP contribution in [0.1, 0.15) is 6.42 Å². The van der Waals surface area contributed by atoms with Crippen molar-refractivity contribution < 1.29 is 4.79 Å². The number of H-pyrrole nitrogens is 1. The maximum atomic E-state index is 11.8. The van der Waals surface area contributed by atoms with Gasteiger partial charge in [-0.1, -0.05) is 35.5 Å². The molecule has 2 aromatic rings. The molecule has 110 valence electrons. The Balaban J connectivity index is 1.84. The predicted molar refractivity (Wildman–Crippen MR) is 84.7 cm³/mol. The fourth-order valence-electron chi connectivity index (χ4n) is 1.54. The van der Waals surface area contributed by atoms with Crippen molar-refractivity contribution in [2.75, 3.05) is 16.8 Å². The minimum absolute atomic E-state index is 0.154. The summed E-state index contributed by atoms with van der Waals surface area (Å²) < 4.78 is 0. The first-order chi connectivity index (χ1) is 10.0. The Labute approximate surface area is 130 Å². The maximum Gasteiger partial charge on any atom is 0.253 e. The second kappa shape index (κ2) is 7.14. The van der Waals surface area contributed by atoms with E-state index in [1.54, 1.807) is 24.3 Å². The summed E-state index contributed by atoms with van der Waals surface area (Å²) in [5.41, 5.74) is 5.73. The molecule has 1 heterocycles. The van der Waals surface area contributed by atoms with Crippen molar-refractivity contribution in [1.82, 2.24) is 9.97 Å². The number of nitrogens with two attached hydrogens (primary N) is 1. The highest BCUT2D eigenvalue weighted by atomic mass is 35.5. The minimum atomic E-state index is -0.314. The predicted octanol–water partition coefficient (Wildman–Crippen LogP) is 2.13. The van der Waals surface area contributed by atoms with Crippen LogP contribution in [0.15, 0.2) is 40.3 Å². The van der Waals surface area contributed by atoms with E-state index in [9.17, 15) is 9.59 Å². The number of para-hydroxylation sites is 1. The van der Waals surface area contributed by atoms with E-state index in [-0.39, 0.29) is 23.7 Å². The van der Waals surface area contributed by atoms with Crippen LogP contribution < -0.4 is 16.6 Å². The number of hydrogen-bond donors (Lipinski definition) is 3. The lowest BCUT2D eigenvalue weighted by Crippen LogP contribution is -2.13. The van der Waals surface area contributed by atoms with Gasteiger partial charge in [-0.25, -0.2) is 4.98 Å². The van der Waals surface area contributed by atoms with Crippen molar-refractivity contribution in [2.45, 2.75) is 11.6 Å². The van der Waals surface area contributed by atoms with Crippen LogP contribution in [0.3, 0.4) is 0 Å². The minimum Gasteiger partial charge on any atom is -0.383 e. The second-order valence-electron chi connectivity index (χ2n) is 4.10. The van der Waals surface area contributed by atoms with E-state index in [0.717, 1.165) is 0 Å². The Hall–Kier alpha value is -1.99. The molecule has 0 bridgehead atoms. The van der Waals surface area contributed by atoms with Crippen LogP contribution in [0.4, 0.5) is 11.5 Å². The van der Waals surface area contributed by atoms with Gasteiger partial charge in [-0.2, -0.15) is 0 Å². The summed E-state index contributed by atoms with van der Waals surface area (Å²) in [6.45, 7) is 0. The summed E-state index contributed by atoms with van der Waals surface area (Å²) in [6.07, 6.45) is 0.258. The number of anilines is 2. The molecule has 0 spiro atoms. The number of benzene rings is 1. The van der Waals surface area contributed by atoms with Crippen molar-refractivity contribution in [2.24, 2.45) is 0 Å². The molecule has 0 radical (unpaired) electrons. The molecule has 2 rings (SSSR count). The third kappa shape index (κ3) is 4.80. The van der Waals surface area contributed by atoms with Gasteiger partial charge in [0.25, 0.3) is 5.56 Å². The molecule has 0 saturated heterocycles. The van der Waals surface area contributed by atoms with Gasteiger partial charge in [0.15, 0.2) is 5.16 Å². The average Bonchev–Trinajstić information content (AvgIpc) is 2.40. The van der Waals surface area contributed by atoms with E-state index >= 15 is 0 Å². The van der Waals surface area contributed by atoms with E-state index < -0.39 is 0 Å². The Morgan fingerprint density at radius 1 is 1.43 bits per heavy atom. The number of amides is 1. The number of rotatable bonds is 5. The number of nitrogens with zero attached hydrogens (tertiary/aromatic N) is 1. The van der Waals surface area contributed by atoms with E-state index in [1.165, 1.54) is 17.8 Å². The molecule has 6 nitrogen and oxygen atoms in total. The smallest absolute Gasteiger partial charge is 0.253 e. The van der Waals surface area contributed by atoms with Gasteiger partial charge in [0, 0.05) is 18.2 Å². The first-order valence-electron chi connectivity index (χ1n) is 6.08. The number of hydrogen-bond acceptors (Lipinski definition) is 5. The van der Waals surface area contributed by atoms with Gasteiger partial charge in [-0.3, -0.25) is 9.59 Å². The summed E-state index contributed by atoms with van der Waals surface area (Å²) in [5.74, 6) is 0.450. The van der Waals surface area contributed by atoms with Gasteiger partial charge in [-0.05, 0) is 12.1 Å². The zero-order valence-corrected chi connectivity index (χ0v) is 12.5. The summed E-state index contributed by atoms with van der Waals surface area (Å²) in [4.78, 5) is 29.5. The summed E-state index contributed by atoms with van der Waals surface area (Å²) in [7, 11) is 0. The van der Waals surface area contributed by atoms with E-state index in [2.05, 4.69) is 15.3 Å². The van der Waals surface area contributed by atoms with Crippen LogP contribution in [0.2, 0.25) is 5.02 Å². The van der Waals surface area contributed by atoms with Gasteiger partial charge in [-0.15, -0.1) is 0 Å². The molecule has 0 aliphatic rings. The van der Waals surface area contributed by atoms with Crippen molar-refractivity contribution >= 4 is 40.8 Å². The first-order valence-corrected chi connectivity index (χ1v) is 7.45. The fourth-order valence-corrected chi connectivity index (χ4v) is 2.54. The summed E-state index contributed by atoms with van der Waals surface area (Å²) >= 11 is 7.20. The van der Waals surface area contributed by atoms with Crippen molar-refractivity contribution in [3.8, 4) is 0 Å². The third-order valence-corrected chi connectivity index (χ3v) is 3.66. The molecule has 1 aromatic carbocycles. The van der Waals surface area contributed by atoms with Gasteiger partial charge >= 0.3 is 0 Å². The molecule has 1 aromatic heterocycles. The van der Waals surface area contributed by atoms with Crippen molar-refractivity contribution in [3.05, 3.63) is 45.7 Å². The number of aromatic amines is 1. The highest BCUT2D eigenvalue weighted by Crippen LogP contribution is 2.21. The molecule has 0 atom stereocenters. The molecule has 1 amide bonds. The van der Waals surface area contributed by atoms with Crippen LogP contribution in [0.25, 0.3) is 0 Å². The molecule has 4 N–H and O–H groups in total. The third-order valence-electron chi connectivity index (χ3n) is 2.46. The van der Waals surface area contributed by atoms with E-state index in [4.69, 9.17) is 17.3 Å². The number of nitrogens with one attached hydrogen (secondary N) is 2. The standard InChI is InChI=1S/C13H13ClN4O2S/c14-8-3-1-2-4-9(8)16-11(19)5-6-21-13-17-10(15)7-12(20)18-13/h1-4,7H,5-6H2,(H,16,19)(H3,15,17,18,20). The Morgan fingerprint density at radius 3 is 2.90 bits per heavy atom. The Kier molecular flexibility index (Phi) is 5.24. The van der Waals surface area contributed by atoms with Gasteiger partial charge in [0.1, 0.15) is 5.82 Å². The monoisotopic (exact) mass is 324 g/mol. The van der Waals surface area contributed by atoms with E-state index in [0.29, 0.717) is 21.6 Å². The average molecular weight is 325 g/mol. The van der Waals surface area contributed by atoms with Crippen molar-refractivity contribution in [3.63, 3.8) is 0 Å². The lowest BCUT2D eigenvalue weighted by molar-refractivity contribution is -0.115. The molecular weight excluding hydrogens is 312 g/mol. The topological polar surface area (TPSA) is 101 Å². The normalized spacial score (nSPS) is 10.3. The zero-order valence-electron chi connectivity index (χ0n) is 10.9.